The monoisotopic (exact) mass is 485 g/mol. The minimum atomic E-state index is 0.187. The molecule has 3 aliphatic heterocycles. The van der Waals surface area contributed by atoms with Crippen LogP contribution in [0.25, 0.3) is 22.2 Å². The van der Waals surface area contributed by atoms with Crippen molar-refractivity contribution in [1.29, 1.82) is 0 Å². The van der Waals surface area contributed by atoms with Crippen LogP contribution in [0.15, 0.2) is 49.1 Å². The van der Waals surface area contributed by atoms with Crippen LogP contribution in [-0.4, -0.2) is 91.3 Å². The number of likely N-dealkylation sites (tertiary alicyclic amines) is 1. The number of benzene rings is 1. The van der Waals surface area contributed by atoms with Crippen LogP contribution in [0, 0.1) is 0 Å². The summed E-state index contributed by atoms with van der Waals surface area (Å²) in [6.07, 6.45) is 8.78. The summed E-state index contributed by atoms with van der Waals surface area (Å²) in [4.78, 5) is 23.0. The molecule has 2 bridgehead atoms. The van der Waals surface area contributed by atoms with E-state index in [2.05, 4.69) is 36.2 Å². The SMILES string of the molecule is OCCN1CC(n2cc(Nc3nccc(-c4ccc5nc(N6CC7C[C@H]6CO7)ncc5c4)n3)cn2)C1. The Balaban J connectivity index is 1.07. The minimum absolute atomic E-state index is 0.187. The molecule has 7 rings (SSSR count). The standard InChI is InChI=1S/C25H27N9O2/c35-6-5-32-12-20(13-32)34-11-18(10-28-34)29-24-26-4-3-23(30-24)16-1-2-22-17(7-16)9-27-25(31-22)33-14-21-8-19(33)15-36-21/h1-4,7,9-11,19-21,35H,5-6,8,12-15H2,(H,26,29,30)/t19-,21?/m0/s1. The second kappa shape index (κ2) is 8.77. The smallest absolute Gasteiger partial charge is 0.227 e. The maximum atomic E-state index is 9.05. The second-order valence-corrected chi connectivity index (χ2v) is 9.68. The van der Waals surface area contributed by atoms with Crippen molar-refractivity contribution in [1.82, 2.24) is 34.6 Å². The molecule has 1 aromatic carbocycles. The Kier molecular flexibility index (Phi) is 5.26. The van der Waals surface area contributed by atoms with Crippen LogP contribution in [0.5, 0.6) is 0 Å². The quantitative estimate of drug-likeness (QED) is 0.402. The van der Waals surface area contributed by atoms with E-state index >= 15 is 0 Å². The zero-order valence-electron chi connectivity index (χ0n) is 19.7. The van der Waals surface area contributed by atoms with Gasteiger partial charge in [-0.05, 0) is 24.6 Å². The lowest BCUT2D eigenvalue weighted by Crippen LogP contribution is -2.48. The average Bonchev–Trinajstić information content (AvgIpc) is 3.63. The molecule has 2 atom stereocenters. The molecule has 0 saturated carbocycles. The molecule has 3 aromatic heterocycles. The molecule has 0 aliphatic carbocycles. The van der Waals surface area contributed by atoms with Crippen LogP contribution in [-0.2, 0) is 4.74 Å². The number of nitrogens with zero attached hydrogens (tertiary/aromatic N) is 8. The summed E-state index contributed by atoms with van der Waals surface area (Å²) >= 11 is 0. The number of hydrogen-bond acceptors (Lipinski definition) is 10. The van der Waals surface area contributed by atoms with Gasteiger partial charge >= 0.3 is 0 Å². The minimum Gasteiger partial charge on any atom is -0.395 e. The maximum absolute atomic E-state index is 9.05. The fourth-order valence-corrected chi connectivity index (χ4v) is 5.31. The van der Waals surface area contributed by atoms with E-state index < -0.39 is 0 Å². The molecule has 0 radical (unpaired) electrons. The number of nitrogens with one attached hydrogen (secondary N) is 1. The van der Waals surface area contributed by atoms with E-state index in [9.17, 15) is 0 Å². The van der Waals surface area contributed by atoms with Crippen molar-refractivity contribution >= 4 is 28.5 Å². The van der Waals surface area contributed by atoms with Gasteiger partial charge in [0.15, 0.2) is 0 Å². The zero-order valence-corrected chi connectivity index (χ0v) is 19.7. The summed E-state index contributed by atoms with van der Waals surface area (Å²) in [5.74, 6) is 1.30. The molecule has 3 fully saturated rings. The van der Waals surface area contributed by atoms with Crippen LogP contribution >= 0.6 is 0 Å². The lowest BCUT2D eigenvalue weighted by Gasteiger charge is -2.38. The first-order valence-electron chi connectivity index (χ1n) is 12.3. The first-order chi connectivity index (χ1) is 17.7. The highest BCUT2D eigenvalue weighted by Crippen LogP contribution is 2.32. The summed E-state index contributed by atoms with van der Waals surface area (Å²) in [7, 11) is 0. The molecule has 184 valence electrons. The summed E-state index contributed by atoms with van der Waals surface area (Å²) in [5, 5.41) is 17.8. The number of morpholine rings is 1. The van der Waals surface area contributed by atoms with Crippen molar-refractivity contribution in [3.63, 3.8) is 0 Å². The normalized spacial score (nSPS) is 21.9. The molecule has 1 unspecified atom stereocenters. The lowest BCUT2D eigenvalue weighted by atomic mass is 10.1. The highest BCUT2D eigenvalue weighted by molar-refractivity contribution is 5.84. The van der Waals surface area contributed by atoms with Gasteiger partial charge in [-0.1, -0.05) is 6.07 Å². The Morgan fingerprint density at radius 3 is 2.83 bits per heavy atom. The Morgan fingerprint density at radius 2 is 2.00 bits per heavy atom. The van der Waals surface area contributed by atoms with Gasteiger partial charge in [0.25, 0.3) is 0 Å². The first kappa shape index (κ1) is 21.6. The molecule has 0 spiro atoms. The van der Waals surface area contributed by atoms with E-state index in [4.69, 9.17) is 19.8 Å². The van der Waals surface area contributed by atoms with Crippen molar-refractivity contribution in [2.75, 3.05) is 49.6 Å². The Labute approximate surface area is 207 Å². The van der Waals surface area contributed by atoms with Gasteiger partial charge in [0.2, 0.25) is 11.9 Å². The molecule has 2 N–H and O–H groups in total. The number of aromatic nitrogens is 6. The third-order valence-electron chi connectivity index (χ3n) is 7.26. The van der Waals surface area contributed by atoms with Crippen LogP contribution in [0.3, 0.4) is 0 Å². The average molecular weight is 486 g/mol. The van der Waals surface area contributed by atoms with Gasteiger partial charge in [-0.25, -0.2) is 19.9 Å². The molecule has 6 heterocycles. The predicted octanol–water partition coefficient (Wildman–Crippen LogP) is 1.85. The van der Waals surface area contributed by atoms with Gasteiger partial charge in [0, 0.05) is 55.7 Å². The molecule has 0 amide bonds. The van der Waals surface area contributed by atoms with Crippen LogP contribution in [0.1, 0.15) is 12.5 Å². The first-order valence-corrected chi connectivity index (χ1v) is 12.3. The summed E-state index contributed by atoms with van der Waals surface area (Å²) in [6, 6.07) is 8.75. The number of ether oxygens (including phenoxy) is 1. The fourth-order valence-electron chi connectivity index (χ4n) is 5.31. The van der Waals surface area contributed by atoms with E-state index in [0.29, 0.717) is 30.7 Å². The third-order valence-corrected chi connectivity index (χ3v) is 7.26. The molecular formula is C25H27N9O2. The molecule has 11 nitrogen and oxygen atoms in total. The number of fused-ring (bicyclic) bond motifs is 3. The molecular weight excluding hydrogens is 458 g/mol. The largest absolute Gasteiger partial charge is 0.395 e. The lowest BCUT2D eigenvalue weighted by molar-refractivity contribution is 0.0774. The highest BCUT2D eigenvalue weighted by Gasteiger charge is 2.40. The van der Waals surface area contributed by atoms with Gasteiger partial charge in [0.1, 0.15) is 0 Å². The van der Waals surface area contributed by atoms with E-state index in [-0.39, 0.29) is 6.61 Å². The van der Waals surface area contributed by atoms with Crippen LogP contribution in [0.2, 0.25) is 0 Å². The van der Waals surface area contributed by atoms with Crippen molar-refractivity contribution in [3.05, 3.63) is 49.1 Å². The predicted molar refractivity (Wildman–Crippen MR) is 134 cm³/mol. The molecule has 3 saturated heterocycles. The fraction of sp³-hybridized carbons (Fsp3) is 0.400. The van der Waals surface area contributed by atoms with E-state index in [0.717, 1.165) is 66.5 Å². The van der Waals surface area contributed by atoms with Crippen LogP contribution in [0.4, 0.5) is 17.6 Å². The molecule has 11 heteroatoms. The summed E-state index contributed by atoms with van der Waals surface area (Å²) in [6.45, 7) is 4.32. The third kappa shape index (κ3) is 3.94. The van der Waals surface area contributed by atoms with E-state index in [1.165, 1.54) is 0 Å². The Morgan fingerprint density at radius 1 is 1.06 bits per heavy atom. The Bertz CT molecular complexity index is 1400. The molecule has 4 aromatic rings. The van der Waals surface area contributed by atoms with Gasteiger partial charge in [-0.3, -0.25) is 9.58 Å². The van der Waals surface area contributed by atoms with Gasteiger partial charge in [-0.2, -0.15) is 5.10 Å². The molecule has 3 aliphatic rings. The summed E-state index contributed by atoms with van der Waals surface area (Å²) in [5.41, 5.74) is 3.56. The number of hydrogen-bond donors (Lipinski definition) is 2. The zero-order chi connectivity index (χ0) is 24.1. The van der Waals surface area contributed by atoms with Gasteiger partial charge in [-0.15, -0.1) is 0 Å². The van der Waals surface area contributed by atoms with Gasteiger partial charge in [0.05, 0.1) is 54.5 Å². The topological polar surface area (TPSA) is 117 Å². The number of β-amino-alcohol motifs (C(OH)–C–C–N with tert-alkyl or cyclic N) is 1. The highest BCUT2D eigenvalue weighted by atomic mass is 16.5. The van der Waals surface area contributed by atoms with E-state index in [1.54, 1.807) is 12.4 Å². The second-order valence-electron chi connectivity index (χ2n) is 9.68. The van der Waals surface area contributed by atoms with Crippen molar-refractivity contribution < 1.29 is 9.84 Å². The number of aliphatic hydroxyl groups excluding tert-OH is 1. The van der Waals surface area contributed by atoms with Crippen molar-refractivity contribution in [3.8, 4) is 11.3 Å². The number of rotatable bonds is 7. The molecule has 36 heavy (non-hydrogen) atoms. The van der Waals surface area contributed by atoms with Crippen molar-refractivity contribution in [2.24, 2.45) is 0 Å². The number of anilines is 3. The van der Waals surface area contributed by atoms with Crippen molar-refractivity contribution in [2.45, 2.75) is 24.6 Å². The van der Waals surface area contributed by atoms with Gasteiger partial charge < -0.3 is 20.1 Å². The Hall–Kier alpha value is -3.67. The maximum Gasteiger partial charge on any atom is 0.227 e. The summed E-state index contributed by atoms with van der Waals surface area (Å²) < 4.78 is 7.66. The van der Waals surface area contributed by atoms with Crippen LogP contribution < -0.4 is 10.2 Å². The van der Waals surface area contributed by atoms with E-state index in [1.807, 2.05) is 35.3 Å². The number of aliphatic hydroxyl groups is 1.